The van der Waals surface area contributed by atoms with Crippen LogP contribution in [0, 0.1) is 13.8 Å². The third-order valence-electron chi connectivity index (χ3n) is 5.48. The maximum absolute atomic E-state index is 13.7. The zero-order valence-electron chi connectivity index (χ0n) is 17.8. The first-order valence-corrected chi connectivity index (χ1v) is 10.7. The zero-order valence-corrected chi connectivity index (χ0v) is 18.6. The van der Waals surface area contributed by atoms with E-state index in [1.807, 2.05) is 13.0 Å². The van der Waals surface area contributed by atoms with Crippen molar-refractivity contribution in [2.24, 2.45) is 0 Å². The number of hydrogen-bond acceptors (Lipinski definition) is 8. The van der Waals surface area contributed by atoms with E-state index in [9.17, 15) is 9.59 Å². The summed E-state index contributed by atoms with van der Waals surface area (Å²) < 4.78 is 17.1. The summed E-state index contributed by atoms with van der Waals surface area (Å²) in [6.45, 7) is 3.70. The van der Waals surface area contributed by atoms with Gasteiger partial charge in [-0.15, -0.1) is 10.2 Å². The van der Waals surface area contributed by atoms with Crippen LogP contribution < -0.4 is 19.8 Å². The van der Waals surface area contributed by atoms with Crippen LogP contribution in [-0.4, -0.2) is 30.3 Å². The number of nitrogens with zero attached hydrogens (tertiary/aromatic N) is 3. The molecule has 1 aliphatic rings. The van der Waals surface area contributed by atoms with Gasteiger partial charge in [0, 0.05) is 5.56 Å². The van der Waals surface area contributed by atoms with E-state index < -0.39 is 11.9 Å². The molecule has 1 amide bonds. The number of para-hydroxylation sites is 1. The highest BCUT2D eigenvalue weighted by molar-refractivity contribution is 7.15. The lowest BCUT2D eigenvalue weighted by atomic mass is 9.97. The highest BCUT2D eigenvalue weighted by Crippen LogP contribution is 2.46. The van der Waals surface area contributed by atoms with E-state index in [1.165, 1.54) is 30.5 Å². The average Bonchev–Trinajstić information content (AvgIpc) is 3.34. The smallest absolute Gasteiger partial charge is 0.297 e. The maximum Gasteiger partial charge on any atom is 0.297 e. The van der Waals surface area contributed by atoms with Gasteiger partial charge in [-0.3, -0.25) is 14.5 Å². The lowest BCUT2D eigenvalue weighted by Crippen LogP contribution is -2.29. The van der Waals surface area contributed by atoms with Crippen molar-refractivity contribution in [1.82, 2.24) is 10.2 Å². The molecule has 32 heavy (non-hydrogen) atoms. The third-order valence-corrected chi connectivity index (χ3v) is 6.31. The Balaban J connectivity index is 1.86. The maximum atomic E-state index is 13.7. The molecule has 0 bridgehead atoms. The first-order chi connectivity index (χ1) is 15.4. The molecule has 8 nitrogen and oxygen atoms in total. The van der Waals surface area contributed by atoms with Crippen molar-refractivity contribution >= 4 is 33.3 Å². The van der Waals surface area contributed by atoms with Crippen LogP contribution in [0.2, 0.25) is 0 Å². The van der Waals surface area contributed by atoms with Crippen LogP contribution in [-0.2, 0) is 0 Å². The molecule has 2 aromatic carbocycles. The van der Waals surface area contributed by atoms with E-state index in [1.54, 1.807) is 37.3 Å². The van der Waals surface area contributed by atoms with E-state index in [4.69, 9.17) is 13.9 Å². The number of rotatable bonds is 4. The minimum atomic E-state index is -0.809. The number of aromatic nitrogens is 2. The summed E-state index contributed by atoms with van der Waals surface area (Å²) in [4.78, 5) is 28.7. The van der Waals surface area contributed by atoms with Crippen molar-refractivity contribution in [3.05, 3.63) is 74.1 Å². The Morgan fingerprint density at radius 1 is 1.06 bits per heavy atom. The summed E-state index contributed by atoms with van der Waals surface area (Å²) in [7, 11) is 3.05. The molecule has 5 rings (SSSR count). The Labute approximate surface area is 187 Å². The van der Waals surface area contributed by atoms with Crippen LogP contribution in [0.1, 0.15) is 38.3 Å². The van der Waals surface area contributed by atoms with Crippen molar-refractivity contribution < 1.29 is 18.7 Å². The predicted molar refractivity (Wildman–Crippen MR) is 120 cm³/mol. The van der Waals surface area contributed by atoms with Gasteiger partial charge in [0.2, 0.25) is 10.9 Å². The number of carbonyl (C=O) groups is 1. The summed E-state index contributed by atoms with van der Waals surface area (Å²) in [6.07, 6.45) is 0. The summed E-state index contributed by atoms with van der Waals surface area (Å²) in [5, 5.41) is 9.72. The molecule has 0 spiro atoms. The van der Waals surface area contributed by atoms with Crippen molar-refractivity contribution in [3.8, 4) is 11.5 Å². The van der Waals surface area contributed by atoms with Crippen molar-refractivity contribution in [3.63, 3.8) is 0 Å². The minimum Gasteiger partial charge on any atom is -0.493 e. The molecule has 4 aromatic rings. The molecule has 0 saturated carbocycles. The summed E-state index contributed by atoms with van der Waals surface area (Å²) in [6, 6.07) is 9.85. The summed E-state index contributed by atoms with van der Waals surface area (Å²) in [5.74, 6) is 0.454. The Kier molecular flexibility index (Phi) is 4.70. The lowest BCUT2D eigenvalue weighted by Gasteiger charge is -2.24. The molecule has 0 fully saturated rings. The number of methoxy groups -OCH3 is 2. The van der Waals surface area contributed by atoms with E-state index >= 15 is 0 Å². The molecular weight excluding hydrogens is 430 g/mol. The van der Waals surface area contributed by atoms with Gasteiger partial charge >= 0.3 is 0 Å². The van der Waals surface area contributed by atoms with Gasteiger partial charge in [0.1, 0.15) is 16.6 Å². The molecule has 0 saturated heterocycles. The fraction of sp³-hybridized carbons (Fsp3) is 0.217. The number of anilines is 1. The molecule has 9 heteroatoms. The summed E-state index contributed by atoms with van der Waals surface area (Å²) in [5.41, 5.74) is 1.84. The van der Waals surface area contributed by atoms with Gasteiger partial charge in [-0.2, -0.15) is 0 Å². The SMILES string of the molecule is COc1cccc([C@H]2c3c(oc4ccc(C)cc4c3=O)C(=O)N2c2nnc(C)s2)c1OC. The topological polar surface area (TPSA) is 94.8 Å². The molecular formula is C23H19N3O5S. The fourth-order valence-corrected chi connectivity index (χ4v) is 4.80. The Morgan fingerprint density at radius 2 is 1.88 bits per heavy atom. The molecule has 1 atom stereocenters. The lowest BCUT2D eigenvalue weighted by molar-refractivity contribution is 0.0970. The Hall–Kier alpha value is -3.72. The minimum absolute atomic E-state index is 0.00548. The standard InChI is InChI=1S/C23H19N3O5S/c1-11-8-9-15-14(10-11)19(27)17-18(13-6-5-7-16(29-3)20(13)30-4)26(22(28)21(17)31-15)23-25-24-12(2)32-23/h5-10,18H,1-4H3/t18-/m0/s1. The quantitative estimate of drug-likeness (QED) is 0.464. The number of amides is 1. The van der Waals surface area contributed by atoms with Crippen molar-refractivity contribution in [2.75, 3.05) is 19.1 Å². The van der Waals surface area contributed by atoms with Gasteiger partial charge in [-0.25, -0.2) is 0 Å². The predicted octanol–water partition coefficient (Wildman–Crippen LogP) is 4.03. The molecule has 0 radical (unpaired) electrons. The highest BCUT2D eigenvalue weighted by atomic mass is 32.1. The molecule has 2 aromatic heterocycles. The highest BCUT2D eigenvalue weighted by Gasteiger charge is 2.46. The second kappa shape index (κ2) is 7.45. The number of carbonyl (C=O) groups excluding carboxylic acids is 1. The molecule has 3 heterocycles. The van der Waals surface area contributed by atoms with Crippen molar-refractivity contribution in [2.45, 2.75) is 19.9 Å². The summed E-state index contributed by atoms with van der Waals surface area (Å²) >= 11 is 1.26. The molecule has 0 unspecified atom stereocenters. The van der Waals surface area contributed by atoms with Crippen LogP contribution in [0.3, 0.4) is 0 Å². The Bertz CT molecular complexity index is 1440. The largest absolute Gasteiger partial charge is 0.493 e. The molecule has 0 aliphatic carbocycles. The van der Waals surface area contributed by atoms with E-state index in [0.29, 0.717) is 38.2 Å². The van der Waals surface area contributed by atoms with Gasteiger partial charge in [-0.1, -0.05) is 35.1 Å². The number of benzene rings is 2. The fourth-order valence-electron chi connectivity index (χ4n) is 4.09. The van der Waals surface area contributed by atoms with Crippen LogP contribution in [0.5, 0.6) is 11.5 Å². The van der Waals surface area contributed by atoms with Gasteiger partial charge in [0.05, 0.1) is 25.2 Å². The first-order valence-electron chi connectivity index (χ1n) is 9.86. The normalized spacial score (nSPS) is 15.3. The van der Waals surface area contributed by atoms with E-state index in [-0.39, 0.29) is 16.8 Å². The van der Waals surface area contributed by atoms with Crippen LogP contribution >= 0.6 is 11.3 Å². The second-order valence-corrected chi connectivity index (χ2v) is 8.60. The molecule has 1 aliphatic heterocycles. The average molecular weight is 449 g/mol. The van der Waals surface area contributed by atoms with Gasteiger partial charge in [0.25, 0.3) is 5.91 Å². The van der Waals surface area contributed by atoms with E-state index in [0.717, 1.165) is 5.56 Å². The van der Waals surface area contributed by atoms with Crippen LogP contribution in [0.4, 0.5) is 5.13 Å². The number of aryl methyl sites for hydroxylation is 2. The van der Waals surface area contributed by atoms with Crippen LogP contribution in [0.25, 0.3) is 11.0 Å². The third kappa shape index (κ3) is 2.89. The van der Waals surface area contributed by atoms with Crippen LogP contribution in [0.15, 0.2) is 45.6 Å². The number of hydrogen-bond donors (Lipinski definition) is 0. The zero-order chi connectivity index (χ0) is 22.6. The Morgan fingerprint density at radius 3 is 2.56 bits per heavy atom. The molecule has 162 valence electrons. The van der Waals surface area contributed by atoms with Gasteiger partial charge < -0.3 is 13.9 Å². The number of ether oxygens (including phenoxy) is 2. The first kappa shape index (κ1) is 20.2. The monoisotopic (exact) mass is 449 g/mol. The van der Waals surface area contributed by atoms with E-state index in [2.05, 4.69) is 10.2 Å². The van der Waals surface area contributed by atoms with Gasteiger partial charge in [0.15, 0.2) is 16.9 Å². The second-order valence-electron chi connectivity index (χ2n) is 7.44. The number of fused-ring (bicyclic) bond motifs is 2. The molecule has 0 N–H and O–H groups in total. The van der Waals surface area contributed by atoms with Crippen molar-refractivity contribution in [1.29, 1.82) is 0 Å². The van der Waals surface area contributed by atoms with Gasteiger partial charge in [-0.05, 0) is 32.0 Å².